The second kappa shape index (κ2) is 7.05. The number of carbonyl (C=O) groups is 2. The number of rotatable bonds is 3. The van der Waals surface area contributed by atoms with E-state index in [0.29, 0.717) is 17.0 Å². The van der Waals surface area contributed by atoms with Crippen LogP contribution in [-0.4, -0.2) is 16.9 Å². The Kier molecular flexibility index (Phi) is 4.48. The molecule has 2 amide bonds. The second-order valence-corrected chi connectivity index (χ2v) is 8.59. The number of Topliss-reactive ketones (excluding diaryl/α,β-unsaturated/α-hetero) is 1. The first-order chi connectivity index (χ1) is 15.7. The van der Waals surface area contributed by atoms with Crippen molar-refractivity contribution in [3.8, 4) is 5.75 Å². The number of benzene rings is 3. The molecule has 0 fully saturated rings. The molecule has 2 aliphatic rings. The maximum Gasteiger partial charge on any atom is 0.320 e. The summed E-state index contributed by atoms with van der Waals surface area (Å²) in [6.45, 7) is 4.02. The molecule has 0 spiro atoms. The highest BCUT2D eigenvalue weighted by atomic mass is 19.1. The molecule has 0 aromatic heterocycles. The van der Waals surface area contributed by atoms with E-state index in [1.807, 2.05) is 19.9 Å². The number of amides is 2. The van der Waals surface area contributed by atoms with Crippen molar-refractivity contribution in [1.29, 1.82) is 0 Å². The Bertz CT molecular complexity index is 1310. The Balaban J connectivity index is 1.64. The van der Waals surface area contributed by atoms with Crippen LogP contribution in [0.4, 0.5) is 20.6 Å². The molecule has 5 N–H and O–H groups in total. The van der Waals surface area contributed by atoms with Crippen LogP contribution in [0, 0.1) is 5.82 Å². The van der Waals surface area contributed by atoms with Gasteiger partial charge >= 0.3 is 6.03 Å². The van der Waals surface area contributed by atoms with Crippen molar-refractivity contribution in [1.82, 2.24) is 5.32 Å². The molecule has 3 aromatic carbocycles. The summed E-state index contributed by atoms with van der Waals surface area (Å²) in [5.41, 5.74) is 6.15. The zero-order chi connectivity index (χ0) is 23.5. The van der Waals surface area contributed by atoms with E-state index in [-0.39, 0.29) is 22.7 Å². The second-order valence-electron chi connectivity index (χ2n) is 8.59. The van der Waals surface area contributed by atoms with E-state index in [1.165, 1.54) is 24.3 Å². The first kappa shape index (κ1) is 21.0. The molecule has 5 rings (SSSR count). The van der Waals surface area contributed by atoms with Gasteiger partial charge in [-0.2, -0.15) is 0 Å². The van der Waals surface area contributed by atoms with Gasteiger partial charge in [0, 0.05) is 22.5 Å². The van der Waals surface area contributed by atoms with E-state index >= 15 is 0 Å². The van der Waals surface area contributed by atoms with Crippen LogP contribution in [0.25, 0.3) is 0 Å². The van der Waals surface area contributed by atoms with Crippen LogP contribution >= 0.6 is 0 Å². The Hall–Kier alpha value is -3.91. The molecular weight excluding hydrogens is 425 g/mol. The number of fused-ring (bicyclic) bond motifs is 5. The number of nitrogen functional groups attached to an aromatic ring is 1. The first-order valence-corrected chi connectivity index (χ1v) is 10.5. The number of carbonyl (C=O) groups excluding carboxylic acids is 2. The number of anilines is 2. The van der Waals surface area contributed by atoms with Gasteiger partial charge in [0.15, 0.2) is 0 Å². The molecule has 168 valence electrons. The third-order valence-electron chi connectivity index (χ3n) is 6.27. The van der Waals surface area contributed by atoms with Crippen LogP contribution in [0.15, 0.2) is 60.7 Å². The van der Waals surface area contributed by atoms with Gasteiger partial charge in [0.2, 0.25) is 11.3 Å². The number of hydrogen-bond donors (Lipinski definition) is 4. The summed E-state index contributed by atoms with van der Waals surface area (Å²) < 4.78 is 19.3. The summed E-state index contributed by atoms with van der Waals surface area (Å²) in [5, 5.41) is 17.1. The zero-order valence-corrected chi connectivity index (χ0v) is 18.0. The smallest absolute Gasteiger partial charge is 0.320 e. The normalized spacial score (nSPS) is 22.4. The lowest BCUT2D eigenvalue weighted by molar-refractivity contribution is -0.168. The number of hydrogen-bond acceptors (Lipinski definition) is 5. The lowest BCUT2D eigenvalue weighted by Gasteiger charge is -2.34. The standard InChI is InChI=1S/C25H22FN3O4/c1-13(2)14-6-11-17-20(12-14)33-25(32)18-4-3-5-19(27)21(18)22(30)24(17,25)29-23(31)28-16-9-7-15(26)8-10-16/h3-13,32H,27H2,1-2H3,(H2,28,29,31). The molecule has 33 heavy (non-hydrogen) atoms. The molecule has 1 aliphatic carbocycles. The number of nitrogens with one attached hydrogen (secondary N) is 2. The predicted molar refractivity (Wildman–Crippen MR) is 120 cm³/mol. The van der Waals surface area contributed by atoms with Crippen molar-refractivity contribution in [2.45, 2.75) is 31.1 Å². The van der Waals surface area contributed by atoms with Crippen molar-refractivity contribution in [2.24, 2.45) is 0 Å². The van der Waals surface area contributed by atoms with Gasteiger partial charge in [0.25, 0.3) is 5.79 Å². The van der Waals surface area contributed by atoms with E-state index in [9.17, 15) is 19.1 Å². The minimum absolute atomic E-state index is 0.0978. The van der Waals surface area contributed by atoms with Gasteiger partial charge in [-0.25, -0.2) is 9.18 Å². The molecule has 1 aliphatic heterocycles. The zero-order valence-electron chi connectivity index (χ0n) is 18.0. The van der Waals surface area contributed by atoms with E-state index in [4.69, 9.17) is 10.5 Å². The third-order valence-corrected chi connectivity index (χ3v) is 6.27. The van der Waals surface area contributed by atoms with Gasteiger partial charge in [-0.05, 0) is 47.9 Å². The summed E-state index contributed by atoms with van der Waals surface area (Å²) in [7, 11) is 0. The number of ketones is 1. The van der Waals surface area contributed by atoms with Crippen LogP contribution in [-0.2, 0) is 11.3 Å². The number of ether oxygens (including phenoxy) is 1. The fourth-order valence-corrected chi connectivity index (χ4v) is 4.61. The van der Waals surface area contributed by atoms with E-state index < -0.39 is 29.0 Å². The molecule has 0 bridgehead atoms. The molecule has 2 unspecified atom stereocenters. The summed E-state index contributed by atoms with van der Waals surface area (Å²) >= 11 is 0. The molecule has 0 saturated heterocycles. The van der Waals surface area contributed by atoms with E-state index in [0.717, 1.165) is 5.56 Å². The number of nitrogens with two attached hydrogens (primary N) is 1. The van der Waals surface area contributed by atoms with Crippen molar-refractivity contribution < 1.29 is 23.8 Å². The van der Waals surface area contributed by atoms with E-state index in [1.54, 1.807) is 30.3 Å². The van der Waals surface area contributed by atoms with Gasteiger partial charge in [0.05, 0.1) is 5.56 Å². The maximum atomic E-state index is 13.8. The van der Waals surface area contributed by atoms with Gasteiger partial charge < -0.3 is 26.2 Å². The van der Waals surface area contributed by atoms with Crippen molar-refractivity contribution in [3.05, 3.63) is 88.7 Å². The third kappa shape index (κ3) is 2.84. The molecule has 0 saturated carbocycles. The minimum Gasteiger partial charge on any atom is -0.454 e. The molecule has 0 radical (unpaired) electrons. The average molecular weight is 447 g/mol. The fraction of sp³-hybridized carbons (Fsp3) is 0.200. The lowest BCUT2D eigenvalue weighted by Crippen LogP contribution is -2.60. The van der Waals surface area contributed by atoms with Crippen molar-refractivity contribution >= 4 is 23.2 Å². The SMILES string of the molecule is CC(C)c1ccc2c(c1)OC1(O)c3cccc(N)c3C(=O)C21NC(=O)Nc1ccc(F)cc1. The summed E-state index contributed by atoms with van der Waals surface area (Å²) in [4.78, 5) is 26.9. The van der Waals surface area contributed by atoms with E-state index in [2.05, 4.69) is 10.6 Å². The van der Waals surface area contributed by atoms with Crippen LogP contribution in [0.2, 0.25) is 0 Å². The molecule has 8 heteroatoms. The molecule has 2 atom stereocenters. The first-order valence-electron chi connectivity index (χ1n) is 10.5. The van der Waals surface area contributed by atoms with Crippen LogP contribution < -0.4 is 21.1 Å². The van der Waals surface area contributed by atoms with Crippen LogP contribution in [0.5, 0.6) is 5.75 Å². The van der Waals surface area contributed by atoms with Crippen molar-refractivity contribution in [3.63, 3.8) is 0 Å². The summed E-state index contributed by atoms with van der Waals surface area (Å²) in [6, 6.07) is 14.4. The highest BCUT2D eigenvalue weighted by Gasteiger charge is 2.72. The lowest BCUT2D eigenvalue weighted by atomic mass is 9.82. The largest absolute Gasteiger partial charge is 0.454 e. The van der Waals surface area contributed by atoms with Gasteiger partial charge in [0.1, 0.15) is 11.6 Å². The highest BCUT2D eigenvalue weighted by Crippen LogP contribution is 2.59. The summed E-state index contributed by atoms with van der Waals surface area (Å²) in [6.07, 6.45) is 0. The molecule has 1 heterocycles. The molecule has 7 nitrogen and oxygen atoms in total. The quantitative estimate of drug-likeness (QED) is 0.454. The number of aliphatic hydroxyl groups is 1. The van der Waals surface area contributed by atoms with Crippen LogP contribution in [0.1, 0.15) is 46.8 Å². The molecule has 3 aromatic rings. The monoisotopic (exact) mass is 447 g/mol. The van der Waals surface area contributed by atoms with Crippen LogP contribution in [0.3, 0.4) is 0 Å². The maximum absolute atomic E-state index is 13.8. The number of halogens is 1. The molecular formula is C25H22FN3O4. The highest BCUT2D eigenvalue weighted by molar-refractivity contribution is 6.15. The van der Waals surface area contributed by atoms with Crippen molar-refractivity contribution in [2.75, 3.05) is 11.1 Å². The minimum atomic E-state index is -2.20. The predicted octanol–water partition coefficient (Wildman–Crippen LogP) is 3.98. The Morgan fingerprint density at radius 1 is 1.09 bits per heavy atom. The Morgan fingerprint density at radius 3 is 2.52 bits per heavy atom. The van der Waals surface area contributed by atoms with Gasteiger partial charge in [-0.1, -0.05) is 38.1 Å². The van der Waals surface area contributed by atoms with Gasteiger partial charge in [-0.15, -0.1) is 0 Å². The number of urea groups is 1. The summed E-state index contributed by atoms with van der Waals surface area (Å²) in [5.74, 6) is -2.76. The fourth-order valence-electron chi connectivity index (χ4n) is 4.61. The average Bonchev–Trinajstić information content (AvgIpc) is 3.12. The Labute approximate surface area is 189 Å². The van der Waals surface area contributed by atoms with Gasteiger partial charge in [-0.3, -0.25) is 4.79 Å². The topological polar surface area (TPSA) is 114 Å². The Morgan fingerprint density at radius 2 is 1.82 bits per heavy atom.